The van der Waals surface area contributed by atoms with Gasteiger partial charge in [0.25, 0.3) is 0 Å². The molecule has 29 heavy (non-hydrogen) atoms. The van der Waals surface area contributed by atoms with E-state index in [0.717, 1.165) is 11.3 Å². The second kappa shape index (κ2) is 8.40. The number of Topliss-reactive ketones (excluding diaryl/α,β-unsaturated/α-hetero) is 1. The Morgan fingerprint density at radius 3 is 2.69 bits per heavy atom. The van der Waals surface area contributed by atoms with Crippen LogP contribution in [0.5, 0.6) is 0 Å². The third-order valence-corrected chi connectivity index (χ3v) is 5.39. The van der Waals surface area contributed by atoms with Crippen LogP contribution in [0.3, 0.4) is 0 Å². The van der Waals surface area contributed by atoms with Gasteiger partial charge < -0.3 is 4.42 Å². The lowest BCUT2D eigenvalue weighted by atomic mass is 10.1. The van der Waals surface area contributed by atoms with Crippen molar-refractivity contribution in [3.05, 3.63) is 84.3 Å². The van der Waals surface area contributed by atoms with Gasteiger partial charge in [-0.05, 0) is 55.5 Å². The minimum absolute atomic E-state index is 0.106. The van der Waals surface area contributed by atoms with E-state index in [1.54, 1.807) is 25.6 Å². The summed E-state index contributed by atoms with van der Waals surface area (Å²) in [5.41, 5.74) is 1.27. The van der Waals surface area contributed by atoms with Crippen molar-refractivity contribution in [1.82, 2.24) is 19.7 Å². The number of thioether (sulfide) groups is 1. The normalized spacial score (nSPS) is 12.1. The molecule has 6 nitrogen and oxygen atoms in total. The zero-order valence-corrected chi connectivity index (χ0v) is 16.3. The molecule has 8 heteroatoms. The molecule has 0 spiro atoms. The Morgan fingerprint density at radius 2 is 2.00 bits per heavy atom. The first-order valence-electron chi connectivity index (χ1n) is 8.94. The first kappa shape index (κ1) is 19.1. The van der Waals surface area contributed by atoms with Gasteiger partial charge >= 0.3 is 0 Å². The first-order valence-corrected chi connectivity index (χ1v) is 9.82. The van der Waals surface area contributed by atoms with Crippen LogP contribution in [0.2, 0.25) is 0 Å². The monoisotopic (exact) mass is 408 g/mol. The standard InChI is InChI=1S/C21H17FN4O2S/c1-14(19(27)15-6-8-17(22)9-7-15)29-21-25-24-20(16-4-2-10-23-12-16)26(21)13-18-5-3-11-28-18/h2-12,14H,13H2,1H3/t14-/m1/s1. The zero-order valence-electron chi connectivity index (χ0n) is 15.5. The van der Waals surface area contributed by atoms with Crippen LogP contribution in [0.15, 0.2) is 76.8 Å². The number of aromatic nitrogens is 4. The fourth-order valence-corrected chi connectivity index (χ4v) is 3.77. The van der Waals surface area contributed by atoms with Crippen LogP contribution in [0, 0.1) is 5.82 Å². The number of hydrogen-bond donors (Lipinski definition) is 0. The van der Waals surface area contributed by atoms with E-state index in [2.05, 4.69) is 15.2 Å². The number of nitrogens with zero attached hydrogens (tertiary/aromatic N) is 4. The Kier molecular flexibility index (Phi) is 5.53. The summed E-state index contributed by atoms with van der Waals surface area (Å²) in [7, 11) is 0. The fraction of sp³-hybridized carbons (Fsp3) is 0.143. The second-order valence-electron chi connectivity index (χ2n) is 6.34. The number of carbonyl (C=O) groups is 1. The predicted octanol–water partition coefficient (Wildman–Crippen LogP) is 4.48. The van der Waals surface area contributed by atoms with Crippen molar-refractivity contribution >= 4 is 17.5 Å². The highest BCUT2D eigenvalue weighted by Gasteiger charge is 2.22. The summed E-state index contributed by atoms with van der Waals surface area (Å²) >= 11 is 1.30. The highest BCUT2D eigenvalue weighted by Crippen LogP contribution is 2.29. The lowest BCUT2D eigenvalue weighted by molar-refractivity contribution is 0.0994. The average molecular weight is 408 g/mol. The maximum Gasteiger partial charge on any atom is 0.192 e. The van der Waals surface area contributed by atoms with Crippen LogP contribution in [0.1, 0.15) is 23.0 Å². The quantitative estimate of drug-likeness (QED) is 0.331. The summed E-state index contributed by atoms with van der Waals surface area (Å²) in [6.07, 6.45) is 5.01. The van der Waals surface area contributed by atoms with Gasteiger partial charge in [-0.15, -0.1) is 10.2 Å². The molecule has 0 unspecified atom stereocenters. The van der Waals surface area contributed by atoms with Gasteiger partial charge in [0.15, 0.2) is 16.8 Å². The van der Waals surface area contributed by atoms with Crippen molar-refractivity contribution in [2.75, 3.05) is 0 Å². The van der Waals surface area contributed by atoms with Crippen molar-refractivity contribution < 1.29 is 13.6 Å². The van der Waals surface area contributed by atoms with Crippen LogP contribution < -0.4 is 0 Å². The van der Waals surface area contributed by atoms with Crippen molar-refractivity contribution in [3.63, 3.8) is 0 Å². The molecule has 3 aromatic heterocycles. The van der Waals surface area contributed by atoms with Crippen LogP contribution in [-0.2, 0) is 6.54 Å². The predicted molar refractivity (Wildman–Crippen MR) is 107 cm³/mol. The van der Waals surface area contributed by atoms with Gasteiger partial charge in [-0.3, -0.25) is 14.3 Å². The van der Waals surface area contributed by atoms with E-state index in [0.29, 0.717) is 23.1 Å². The Morgan fingerprint density at radius 1 is 1.17 bits per heavy atom. The number of benzene rings is 1. The number of hydrogen-bond acceptors (Lipinski definition) is 6. The van der Waals surface area contributed by atoms with Gasteiger partial charge in [-0.1, -0.05) is 11.8 Å². The summed E-state index contributed by atoms with van der Waals surface area (Å²) in [6, 6.07) is 13.0. The Balaban J connectivity index is 1.63. The lowest BCUT2D eigenvalue weighted by Gasteiger charge is -2.12. The number of rotatable bonds is 7. The summed E-state index contributed by atoms with van der Waals surface area (Å²) in [6.45, 7) is 2.22. The second-order valence-corrected chi connectivity index (χ2v) is 7.65. The van der Waals surface area contributed by atoms with Crippen LogP contribution >= 0.6 is 11.8 Å². The number of carbonyl (C=O) groups excluding carboxylic acids is 1. The molecule has 146 valence electrons. The molecule has 0 aliphatic rings. The molecule has 0 fully saturated rings. The summed E-state index contributed by atoms with van der Waals surface area (Å²) < 4.78 is 20.5. The summed E-state index contributed by atoms with van der Waals surface area (Å²) in [5, 5.41) is 8.77. The molecule has 0 radical (unpaired) electrons. The molecule has 3 heterocycles. The average Bonchev–Trinajstić information content (AvgIpc) is 3.39. The topological polar surface area (TPSA) is 73.8 Å². The first-order chi connectivity index (χ1) is 14.1. The summed E-state index contributed by atoms with van der Waals surface area (Å²) in [4.78, 5) is 16.9. The maximum absolute atomic E-state index is 13.1. The molecule has 0 bridgehead atoms. The number of halogens is 1. The smallest absolute Gasteiger partial charge is 0.192 e. The minimum atomic E-state index is -0.429. The van der Waals surface area contributed by atoms with E-state index >= 15 is 0 Å². The van der Waals surface area contributed by atoms with Gasteiger partial charge in [0, 0.05) is 23.5 Å². The van der Waals surface area contributed by atoms with Gasteiger partial charge in [-0.25, -0.2) is 4.39 Å². The van der Waals surface area contributed by atoms with E-state index < -0.39 is 5.25 Å². The van der Waals surface area contributed by atoms with E-state index in [4.69, 9.17) is 4.42 Å². The largest absolute Gasteiger partial charge is 0.467 e. The highest BCUT2D eigenvalue weighted by atomic mass is 32.2. The number of ketones is 1. The Bertz CT molecular complexity index is 1100. The van der Waals surface area contributed by atoms with Gasteiger partial charge in [0.1, 0.15) is 11.6 Å². The molecule has 1 aromatic carbocycles. The molecule has 0 saturated carbocycles. The van der Waals surface area contributed by atoms with Gasteiger partial charge in [-0.2, -0.15) is 0 Å². The zero-order chi connectivity index (χ0) is 20.2. The maximum atomic E-state index is 13.1. The Labute approximate surface area is 170 Å². The van der Waals surface area contributed by atoms with E-state index in [9.17, 15) is 9.18 Å². The molecule has 0 aliphatic heterocycles. The molecule has 0 N–H and O–H groups in total. The fourth-order valence-electron chi connectivity index (χ4n) is 2.85. The van der Waals surface area contributed by atoms with E-state index in [1.807, 2.05) is 28.8 Å². The Hall–Kier alpha value is -3.26. The number of furan rings is 1. The molecular weight excluding hydrogens is 391 g/mol. The van der Waals surface area contributed by atoms with Crippen LogP contribution in [0.4, 0.5) is 4.39 Å². The van der Waals surface area contributed by atoms with Crippen LogP contribution in [0.25, 0.3) is 11.4 Å². The molecule has 0 amide bonds. The van der Waals surface area contributed by atoms with Crippen molar-refractivity contribution in [2.45, 2.75) is 23.9 Å². The highest BCUT2D eigenvalue weighted by molar-refractivity contribution is 8.00. The summed E-state index contributed by atoms with van der Waals surface area (Å²) in [5.74, 6) is 0.902. The van der Waals surface area contributed by atoms with Crippen molar-refractivity contribution in [1.29, 1.82) is 0 Å². The number of pyridine rings is 1. The molecule has 0 aliphatic carbocycles. The third-order valence-electron chi connectivity index (χ3n) is 4.31. The molecular formula is C21H17FN4O2S. The van der Waals surface area contributed by atoms with Gasteiger partial charge in [0.2, 0.25) is 0 Å². The molecule has 4 aromatic rings. The van der Waals surface area contributed by atoms with E-state index in [-0.39, 0.29) is 11.6 Å². The van der Waals surface area contributed by atoms with Gasteiger partial charge in [0.05, 0.1) is 18.1 Å². The third kappa shape index (κ3) is 4.27. The SMILES string of the molecule is C[C@@H](Sc1nnc(-c2cccnc2)n1Cc1ccco1)C(=O)c1ccc(F)cc1. The van der Waals surface area contributed by atoms with Crippen molar-refractivity contribution in [2.24, 2.45) is 0 Å². The molecule has 4 rings (SSSR count). The lowest BCUT2D eigenvalue weighted by Crippen LogP contribution is -2.15. The van der Waals surface area contributed by atoms with E-state index in [1.165, 1.54) is 36.0 Å². The molecule has 1 atom stereocenters. The van der Waals surface area contributed by atoms with Crippen LogP contribution in [-0.4, -0.2) is 30.8 Å². The minimum Gasteiger partial charge on any atom is -0.467 e. The molecule has 0 saturated heterocycles. The van der Waals surface area contributed by atoms with Crippen molar-refractivity contribution in [3.8, 4) is 11.4 Å².